The molecule has 0 saturated heterocycles. The van der Waals surface area contributed by atoms with Crippen LogP contribution in [0.3, 0.4) is 0 Å². The molecule has 0 unspecified atom stereocenters. The second kappa shape index (κ2) is 10.8. The van der Waals surface area contributed by atoms with E-state index in [2.05, 4.69) is 140 Å². The summed E-state index contributed by atoms with van der Waals surface area (Å²) in [6, 6.07) is 49.3. The molecule has 0 amide bonds. The third-order valence-corrected chi connectivity index (χ3v) is 9.01. The Balaban J connectivity index is 1.21. The van der Waals surface area contributed by atoms with Gasteiger partial charge in [-0.1, -0.05) is 123 Å². The van der Waals surface area contributed by atoms with E-state index >= 15 is 0 Å². The molecule has 1 aliphatic rings. The lowest BCUT2D eigenvalue weighted by Gasteiger charge is -2.22. The van der Waals surface area contributed by atoms with Crippen LogP contribution in [0.15, 0.2) is 152 Å². The SMILES string of the molecule is CC1(C)c2ccccc2-c2ccc(-c3cccc(-c4cc(-c5cccnc5)nc(-c5ccc(-c6ccccc6)cc5)n4)c3)cc21. The molecule has 0 aliphatic heterocycles. The molecule has 0 radical (unpaired) electrons. The molecule has 0 bridgehead atoms. The van der Waals surface area contributed by atoms with Crippen LogP contribution in [0.25, 0.3) is 67.3 Å². The highest BCUT2D eigenvalue weighted by molar-refractivity contribution is 5.84. The number of aromatic nitrogens is 3. The van der Waals surface area contributed by atoms with Crippen molar-refractivity contribution in [1.29, 1.82) is 0 Å². The van der Waals surface area contributed by atoms with Crippen LogP contribution in [0.4, 0.5) is 0 Å². The number of benzene rings is 5. The number of pyridine rings is 1. The van der Waals surface area contributed by atoms with Gasteiger partial charge >= 0.3 is 0 Å². The summed E-state index contributed by atoms with van der Waals surface area (Å²) in [6.45, 7) is 4.65. The summed E-state index contributed by atoms with van der Waals surface area (Å²) in [5, 5.41) is 0. The topological polar surface area (TPSA) is 38.7 Å². The summed E-state index contributed by atoms with van der Waals surface area (Å²) in [7, 11) is 0. The van der Waals surface area contributed by atoms with Gasteiger partial charge in [0.25, 0.3) is 0 Å². The van der Waals surface area contributed by atoms with E-state index in [0.29, 0.717) is 5.82 Å². The normalized spacial score (nSPS) is 12.8. The molecule has 2 aromatic heterocycles. The fourth-order valence-corrected chi connectivity index (χ4v) is 6.57. The molecule has 8 rings (SSSR count). The molecule has 1 aliphatic carbocycles. The van der Waals surface area contributed by atoms with Crippen molar-refractivity contribution in [2.75, 3.05) is 0 Å². The van der Waals surface area contributed by atoms with Crippen LogP contribution >= 0.6 is 0 Å². The van der Waals surface area contributed by atoms with Crippen LogP contribution in [0.1, 0.15) is 25.0 Å². The fraction of sp³-hybridized carbons (Fsp3) is 0.0714. The Kier molecular flexibility index (Phi) is 6.46. The van der Waals surface area contributed by atoms with Gasteiger partial charge < -0.3 is 0 Å². The van der Waals surface area contributed by atoms with Crippen LogP contribution in [-0.2, 0) is 5.41 Å². The average Bonchev–Trinajstić information content (AvgIpc) is 3.34. The summed E-state index contributed by atoms with van der Waals surface area (Å²) in [4.78, 5) is 14.5. The van der Waals surface area contributed by atoms with Gasteiger partial charge in [-0.05, 0) is 74.8 Å². The summed E-state index contributed by atoms with van der Waals surface area (Å²) >= 11 is 0. The van der Waals surface area contributed by atoms with Crippen molar-refractivity contribution in [2.45, 2.75) is 19.3 Å². The Hall–Kier alpha value is -5.67. The maximum absolute atomic E-state index is 5.11. The molecule has 0 fully saturated rings. The molecule has 0 spiro atoms. The van der Waals surface area contributed by atoms with Crippen molar-refractivity contribution in [3.8, 4) is 67.3 Å². The van der Waals surface area contributed by atoms with Gasteiger partial charge in [0.05, 0.1) is 11.4 Å². The van der Waals surface area contributed by atoms with Crippen LogP contribution in [0.5, 0.6) is 0 Å². The van der Waals surface area contributed by atoms with Gasteiger partial charge in [-0.2, -0.15) is 0 Å². The summed E-state index contributed by atoms with van der Waals surface area (Å²) in [5.74, 6) is 0.688. The highest BCUT2D eigenvalue weighted by Crippen LogP contribution is 2.49. The van der Waals surface area contributed by atoms with E-state index in [9.17, 15) is 0 Å². The molecule has 0 saturated carbocycles. The number of hydrogen-bond acceptors (Lipinski definition) is 3. The van der Waals surface area contributed by atoms with E-state index in [4.69, 9.17) is 9.97 Å². The maximum Gasteiger partial charge on any atom is 0.160 e. The second-order valence-electron chi connectivity index (χ2n) is 12.2. The van der Waals surface area contributed by atoms with Gasteiger partial charge in [-0.25, -0.2) is 9.97 Å². The molecular formula is C42H31N3. The lowest BCUT2D eigenvalue weighted by Crippen LogP contribution is -2.14. The molecule has 7 aromatic rings. The Morgan fingerprint density at radius 1 is 0.422 bits per heavy atom. The largest absolute Gasteiger partial charge is 0.264 e. The van der Waals surface area contributed by atoms with Gasteiger partial charge in [0.2, 0.25) is 0 Å². The van der Waals surface area contributed by atoms with Crippen molar-refractivity contribution < 1.29 is 0 Å². The van der Waals surface area contributed by atoms with E-state index in [1.54, 1.807) is 6.20 Å². The zero-order valence-electron chi connectivity index (χ0n) is 25.3. The van der Waals surface area contributed by atoms with Crippen molar-refractivity contribution in [3.05, 3.63) is 163 Å². The highest BCUT2D eigenvalue weighted by Gasteiger charge is 2.35. The van der Waals surface area contributed by atoms with Crippen LogP contribution in [0, 0.1) is 0 Å². The number of hydrogen-bond donors (Lipinski definition) is 0. The van der Waals surface area contributed by atoms with Crippen molar-refractivity contribution in [3.63, 3.8) is 0 Å². The lowest BCUT2D eigenvalue weighted by molar-refractivity contribution is 0.660. The molecular weight excluding hydrogens is 546 g/mol. The first kappa shape index (κ1) is 26.9. The number of fused-ring (bicyclic) bond motifs is 3. The third-order valence-electron chi connectivity index (χ3n) is 9.01. The Morgan fingerprint density at radius 2 is 1.02 bits per heavy atom. The molecule has 214 valence electrons. The first-order valence-corrected chi connectivity index (χ1v) is 15.4. The lowest BCUT2D eigenvalue weighted by atomic mass is 9.81. The predicted molar refractivity (Wildman–Crippen MR) is 185 cm³/mol. The maximum atomic E-state index is 5.11. The van der Waals surface area contributed by atoms with Crippen molar-refractivity contribution in [1.82, 2.24) is 15.0 Å². The van der Waals surface area contributed by atoms with Gasteiger partial charge in [0.1, 0.15) is 0 Å². The zero-order chi connectivity index (χ0) is 30.4. The van der Waals surface area contributed by atoms with Crippen LogP contribution in [0.2, 0.25) is 0 Å². The third kappa shape index (κ3) is 4.83. The summed E-state index contributed by atoms with van der Waals surface area (Å²) in [5.41, 5.74) is 14.8. The van der Waals surface area contributed by atoms with Crippen molar-refractivity contribution >= 4 is 0 Å². The standard InChI is InChI=1S/C42H31N3/c1-42(2)37-16-7-6-15-35(37)36-22-21-32(25-38(36)42)31-12-8-13-33(24-31)39-26-40(34-14-9-23-43-27-34)45-41(44-39)30-19-17-29(18-20-30)28-10-4-3-5-11-28/h3-27H,1-2H3. The van der Waals surface area contributed by atoms with Crippen LogP contribution in [-0.4, -0.2) is 15.0 Å². The Labute approximate surface area is 264 Å². The van der Waals surface area contributed by atoms with Gasteiger partial charge in [0, 0.05) is 34.5 Å². The van der Waals surface area contributed by atoms with E-state index < -0.39 is 0 Å². The van der Waals surface area contributed by atoms with Gasteiger partial charge in [-0.3, -0.25) is 4.98 Å². The fourth-order valence-electron chi connectivity index (χ4n) is 6.57. The first-order chi connectivity index (χ1) is 22.0. The summed E-state index contributed by atoms with van der Waals surface area (Å²) < 4.78 is 0. The van der Waals surface area contributed by atoms with E-state index in [0.717, 1.165) is 39.2 Å². The average molecular weight is 578 g/mol. The minimum atomic E-state index is -0.0458. The molecule has 2 heterocycles. The van der Waals surface area contributed by atoms with E-state index in [-0.39, 0.29) is 5.41 Å². The number of nitrogens with zero attached hydrogens (tertiary/aromatic N) is 3. The van der Waals surface area contributed by atoms with Crippen LogP contribution < -0.4 is 0 Å². The molecule has 45 heavy (non-hydrogen) atoms. The molecule has 0 N–H and O–H groups in total. The molecule has 0 atom stereocenters. The smallest absolute Gasteiger partial charge is 0.160 e. The molecule has 3 nitrogen and oxygen atoms in total. The zero-order valence-corrected chi connectivity index (χ0v) is 25.3. The first-order valence-electron chi connectivity index (χ1n) is 15.4. The van der Waals surface area contributed by atoms with E-state index in [1.807, 2.05) is 24.4 Å². The number of rotatable bonds is 5. The minimum absolute atomic E-state index is 0.0458. The summed E-state index contributed by atoms with van der Waals surface area (Å²) in [6.07, 6.45) is 3.64. The Bertz CT molecular complexity index is 2170. The Morgan fingerprint density at radius 3 is 1.82 bits per heavy atom. The quantitative estimate of drug-likeness (QED) is 0.204. The van der Waals surface area contributed by atoms with Gasteiger partial charge in [0.15, 0.2) is 5.82 Å². The minimum Gasteiger partial charge on any atom is -0.264 e. The van der Waals surface area contributed by atoms with Crippen molar-refractivity contribution in [2.24, 2.45) is 0 Å². The second-order valence-corrected chi connectivity index (χ2v) is 12.2. The monoisotopic (exact) mass is 577 g/mol. The molecule has 5 aromatic carbocycles. The van der Waals surface area contributed by atoms with E-state index in [1.165, 1.54) is 33.4 Å². The molecule has 3 heteroatoms. The highest BCUT2D eigenvalue weighted by atomic mass is 14.9. The van der Waals surface area contributed by atoms with Gasteiger partial charge in [-0.15, -0.1) is 0 Å². The predicted octanol–water partition coefficient (Wildman–Crippen LogP) is 10.5.